The average molecular weight is 442 g/mol. The van der Waals surface area contributed by atoms with E-state index < -0.39 is 0 Å². The van der Waals surface area contributed by atoms with Crippen molar-refractivity contribution in [1.29, 1.82) is 0 Å². The van der Waals surface area contributed by atoms with Gasteiger partial charge in [0, 0.05) is 57.0 Å². The lowest BCUT2D eigenvalue weighted by molar-refractivity contribution is 0.0703. The molecule has 0 bridgehead atoms. The highest BCUT2D eigenvalue weighted by atomic mass is 16.2. The maximum absolute atomic E-state index is 12.7. The third kappa shape index (κ3) is 4.39. The van der Waals surface area contributed by atoms with E-state index in [1.807, 2.05) is 88.0 Å². The van der Waals surface area contributed by atoms with E-state index in [1.165, 1.54) is 5.56 Å². The molecule has 1 aromatic carbocycles. The van der Waals surface area contributed by atoms with Crippen LogP contribution in [0.2, 0.25) is 0 Å². The number of pyridine rings is 1. The molecule has 0 atom stereocenters. The van der Waals surface area contributed by atoms with E-state index in [2.05, 4.69) is 10.3 Å². The number of imidazole rings is 1. The molecule has 0 unspecified atom stereocenters. The molecular formula is C26H27N5O2. The number of carbonyl (C=O) groups is 2. The van der Waals surface area contributed by atoms with Gasteiger partial charge in [0.1, 0.15) is 11.3 Å². The number of aromatic nitrogens is 3. The summed E-state index contributed by atoms with van der Waals surface area (Å²) in [6.07, 6.45) is 9.34. The van der Waals surface area contributed by atoms with Crippen molar-refractivity contribution in [3.8, 4) is 0 Å². The van der Waals surface area contributed by atoms with Gasteiger partial charge in [-0.2, -0.15) is 0 Å². The van der Waals surface area contributed by atoms with Crippen molar-refractivity contribution in [3.63, 3.8) is 0 Å². The lowest BCUT2D eigenvalue weighted by Gasteiger charge is -2.32. The number of nitrogens with one attached hydrogen (secondary N) is 1. The molecule has 4 aromatic rings. The molecule has 33 heavy (non-hydrogen) atoms. The number of rotatable bonds is 5. The van der Waals surface area contributed by atoms with Gasteiger partial charge in [0.15, 0.2) is 0 Å². The normalized spacial score (nSPS) is 14.5. The quantitative estimate of drug-likeness (QED) is 0.514. The van der Waals surface area contributed by atoms with E-state index in [-0.39, 0.29) is 11.8 Å². The number of hydrogen-bond acceptors (Lipinski definition) is 3. The molecule has 5 rings (SSSR count). The number of nitrogens with zero attached hydrogens (tertiary/aromatic N) is 4. The summed E-state index contributed by atoms with van der Waals surface area (Å²) in [7, 11) is 1.90. The zero-order chi connectivity index (χ0) is 22.8. The summed E-state index contributed by atoms with van der Waals surface area (Å²) in [5.41, 5.74) is 4.48. The Morgan fingerprint density at radius 1 is 1.03 bits per heavy atom. The van der Waals surface area contributed by atoms with E-state index >= 15 is 0 Å². The topological polar surface area (TPSA) is 71.6 Å². The SMILES string of the molecule is Cn1cccc1C(=O)N1CCC(c2ccc(C(=O)NCc3ccn4ccnc4c3)cc2)CC1. The fourth-order valence-corrected chi connectivity index (χ4v) is 4.51. The first-order valence-electron chi connectivity index (χ1n) is 11.3. The first-order chi connectivity index (χ1) is 16.1. The molecule has 1 N–H and O–H groups in total. The molecule has 2 amide bonds. The van der Waals surface area contributed by atoms with Gasteiger partial charge < -0.3 is 19.2 Å². The minimum Gasteiger partial charge on any atom is -0.348 e. The monoisotopic (exact) mass is 441 g/mol. The summed E-state index contributed by atoms with van der Waals surface area (Å²) in [5.74, 6) is 0.411. The molecule has 0 radical (unpaired) electrons. The molecule has 3 aromatic heterocycles. The van der Waals surface area contributed by atoms with Crippen molar-refractivity contribution in [2.24, 2.45) is 7.05 Å². The second kappa shape index (κ2) is 8.94. The van der Waals surface area contributed by atoms with Gasteiger partial charge in [-0.15, -0.1) is 0 Å². The predicted molar refractivity (Wildman–Crippen MR) is 126 cm³/mol. The van der Waals surface area contributed by atoms with E-state index in [0.29, 0.717) is 18.0 Å². The zero-order valence-corrected chi connectivity index (χ0v) is 18.6. The number of piperidine rings is 1. The highest BCUT2D eigenvalue weighted by Gasteiger charge is 2.25. The van der Waals surface area contributed by atoms with Gasteiger partial charge in [-0.05, 0) is 66.3 Å². The van der Waals surface area contributed by atoms with E-state index in [4.69, 9.17) is 0 Å². The Balaban J connectivity index is 1.15. The van der Waals surface area contributed by atoms with E-state index in [1.54, 1.807) is 6.20 Å². The number of amides is 2. The van der Waals surface area contributed by atoms with Crippen molar-refractivity contribution in [1.82, 2.24) is 24.2 Å². The summed E-state index contributed by atoms with van der Waals surface area (Å²) < 4.78 is 3.81. The molecule has 1 aliphatic rings. The molecule has 1 fully saturated rings. The maximum Gasteiger partial charge on any atom is 0.270 e. The van der Waals surface area contributed by atoms with Crippen molar-refractivity contribution >= 4 is 17.5 Å². The van der Waals surface area contributed by atoms with Crippen molar-refractivity contribution in [2.45, 2.75) is 25.3 Å². The lowest BCUT2D eigenvalue weighted by Crippen LogP contribution is -2.38. The van der Waals surface area contributed by atoms with E-state index in [9.17, 15) is 9.59 Å². The minimum absolute atomic E-state index is 0.0900. The average Bonchev–Trinajstić information content (AvgIpc) is 3.50. The Morgan fingerprint density at radius 3 is 2.55 bits per heavy atom. The van der Waals surface area contributed by atoms with Crippen LogP contribution in [0.3, 0.4) is 0 Å². The van der Waals surface area contributed by atoms with Crippen LogP contribution in [0.15, 0.2) is 73.3 Å². The number of fused-ring (bicyclic) bond motifs is 1. The number of hydrogen-bond donors (Lipinski definition) is 1. The molecular weight excluding hydrogens is 414 g/mol. The van der Waals surface area contributed by atoms with Crippen LogP contribution < -0.4 is 5.32 Å². The molecule has 7 heteroatoms. The molecule has 4 heterocycles. The van der Waals surface area contributed by atoms with Gasteiger partial charge in [-0.1, -0.05) is 12.1 Å². The number of carbonyl (C=O) groups excluding carboxylic acids is 2. The Morgan fingerprint density at radius 2 is 1.82 bits per heavy atom. The van der Waals surface area contributed by atoms with Crippen LogP contribution in [0.1, 0.15) is 50.7 Å². The first kappa shape index (κ1) is 21.0. The van der Waals surface area contributed by atoms with Crippen molar-refractivity contribution < 1.29 is 9.59 Å². The molecule has 1 aliphatic heterocycles. The van der Waals surface area contributed by atoms with E-state index in [0.717, 1.165) is 42.8 Å². The molecule has 0 saturated carbocycles. The fraction of sp³-hybridized carbons (Fsp3) is 0.269. The molecule has 168 valence electrons. The third-order valence-corrected chi connectivity index (χ3v) is 6.50. The zero-order valence-electron chi connectivity index (χ0n) is 18.6. The minimum atomic E-state index is -0.0900. The standard InChI is InChI=1S/C26H27N5O2/c1-29-12-2-3-23(29)26(33)31-14-9-21(10-15-31)20-4-6-22(7-5-20)25(32)28-18-19-8-13-30-16-11-27-24(30)17-19/h2-8,11-13,16-17,21H,9-10,14-15,18H2,1H3,(H,28,32). The van der Waals surface area contributed by atoms with Gasteiger partial charge in [-0.25, -0.2) is 4.98 Å². The summed E-state index contributed by atoms with van der Waals surface area (Å²) >= 11 is 0. The predicted octanol–water partition coefficient (Wildman–Crippen LogP) is 3.62. The van der Waals surface area contributed by atoms with Gasteiger partial charge in [-0.3, -0.25) is 9.59 Å². The third-order valence-electron chi connectivity index (χ3n) is 6.50. The van der Waals surface area contributed by atoms with Crippen LogP contribution in [-0.2, 0) is 13.6 Å². The van der Waals surface area contributed by atoms with Crippen molar-refractivity contribution in [2.75, 3.05) is 13.1 Å². The fourth-order valence-electron chi connectivity index (χ4n) is 4.51. The maximum atomic E-state index is 12.7. The van der Waals surface area contributed by atoms with Crippen molar-refractivity contribution in [3.05, 3.63) is 95.7 Å². The second-order valence-electron chi connectivity index (χ2n) is 8.60. The number of benzene rings is 1. The Bertz CT molecular complexity index is 1280. The largest absolute Gasteiger partial charge is 0.348 e. The smallest absolute Gasteiger partial charge is 0.270 e. The highest BCUT2D eigenvalue weighted by Crippen LogP contribution is 2.29. The summed E-state index contributed by atoms with van der Waals surface area (Å²) in [6.45, 7) is 1.95. The number of aryl methyl sites for hydroxylation is 1. The Kier molecular flexibility index (Phi) is 5.69. The molecule has 0 spiro atoms. The van der Waals surface area contributed by atoms with Crippen LogP contribution in [0.25, 0.3) is 5.65 Å². The van der Waals surface area contributed by atoms with Crippen LogP contribution in [-0.4, -0.2) is 43.8 Å². The van der Waals surface area contributed by atoms with Gasteiger partial charge in [0.25, 0.3) is 11.8 Å². The van der Waals surface area contributed by atoms with Crippen LogP contribution in [0, 0.1) is 0 Å². The molecule has 7 nitrogen and oxygen atoms in total. The first-order valence-corrected chi connectivity index (χ1v) is 11.3. The summed E-state index contributed by atoms with van der Waals surface area (Å²) in [4.78, 5) is 31.5. The summed E-state index contributed by atoms with van der Waals surface area (Å²) in [6, 6.07) is 15.6. The second-order valence-corrected chi connectivity index (χ2v) is 8.60. The molecule has 1 saturated heterocycles. The Labute approximate surface area is 192 Å². The van der Waals surface area contributed by atoms with Crippen LogP contribution in [0.5, 0.6) is 0 Å². The van der Waals surface area contributed by atoms with Gasteiger partial charge in [0.2, 0.25) is 0 Å². The number of likely N-dealkylation sites (tertiary alicyclic amines) is 1. The van der Waals surface area contributed by atoms with Gasteiger partial charge >= 0.3 is 0 Å². The van der Waals surface area contributed by atoms with Crippen LogP contribution in [0.4, 0.5) is 0 Å². The Hall–Kier alpha value is -3.87. The molecule has 0 aliphatic carbocycles. The van der Waals surface area contributed by atoms with Gasteiger partial charge in [0.05, 0.1) is 0 Å². The van der Waals surface area contributed by atoms with Crippen LogP contribution >= 0.6 is 0 Å². The highest BCUT2D eigenvalue weighted by molar-refractivity contribution is 5.94. The summed E-state index contributed by atoms with van der Waals surface area (Å²) in [5, 5.41) is 2.99. The lowest BCUT2D eigenvalue weighted by atomic mass is 9.89.